The summed E-state index contributed by atoms with van der Waals surface area (Å²) >= 11 is 4.39. The van der Waals surface area contributed by atoms with Gasteiger partial charge in [0.1, 0.15) is 0 Å². The molecule has 6 heterocycles. The van der Waals surface area contributed by atoms with E-state index in [-0.39, 0.29) is 58.8 Å². The van der Waals surface area contributed by atoms with Crippen LogP contribution >= 0.6 is 38.6 Å². The molecule has 14 nitrogen and oxygen atoms in total. The second-order valence-corrected chi connectivity index (χ2v) is 40.9. The third-order valence-electron chi connectivity index (χ3n) is 18.1. The average Bonchev–Trinajstić information content (AvgIpc) is 1.72. The molecule has 0 radical (unpaired) electrons. The number of ether oxygens (including phenoxy) is 2. The number of carbonyl (C=O) groups is 4. The zero-order valence-corrected chi connectivity index (χ0v) is 56.4. The van der Waals surface area contributed by atoms with Gasteiger partial charge in [-0.3, -0.25) is 23.6 Å². The Balaban J connectivity index is 0.000000166. The topological polar surface area (TPSA) is 180 Å². The summed E-state index contributed by atoms with van der Waals surface area (Å²) in [7, 11) is 2.82. The molecule has 0 bridgehead atoms. The van der Waals surface area contributed by atoms with Gasteiger partial charge in [0.25, 0.3) is 11.5 Å². The van der Waals surface area contributed by atoms with Crippen LogP contribution in [-0.4, -0.2) is 87.2 Å². The van der Waals surface area contributed by atoms with Crippen LogP contribution in [-0.2, 0) is 19.1 Å². The molecule has 454 valence electrons. The van der Waals surface area contributed by atoms with Crippen molar-refractivity contribution in [2.75, 3.05) is 14.2 Å². The number of amides is 2. The fourth-order valence-electron chi connectivity index (χ4n) is 12.7. The van der Waals surface area contributed by atoms with Crippen molar-refractivity contribution in [2.24, 2.45) is 11.8 Å². The number of thiophene rings is 2. The maximum Gasteiger partial charge on any atom is 0.308 e. The first-order valence-corrected chi connectivity index (χ1v) is 41.2. The van der Waals surface area contributed by atoms with E-state index in [9.17, 15) is 28.8 Å². The number of esters is 2. The molecular weight excluding hydrogens is 1290 g/mol. The third kappa shape index (κ3) is 14.9. The Bertz CT molecular complexity index is 3830. The molecule has 8 aromatic rings. The van der Waals surface area contributed by atoms with E-state index in [1.165, 1.54) is 113 Å². The van der Waals surface area contributed by atoms with Crippen LogP contribution in [0.4, 0.5) is 0 Å². The minimum atomic E-state index is -2.72. The van der Waals surface area contributed by atoms with Gasteiger partial charge < -0.3 is 14.8 Å². The molecule has 0 saturated heterocycles. The molecule has 4 fully saturated rings. The number of unbranched alkanes of at least 4 members (excludes halogenated alkanes) is 3. The SMILES string of the molecule is Brc1ccc(C2CC2)s1.CCC[CH2][Sn]([CH2]CCC)([CH2]CCC)[c]1ccc2nc3c(C(=O)NC4CCC(C(=O)OC)CC4)cccn3c(=O)c2c1.COC(=O)C1CCC(NC(=O)c2cccn3c(=O)c4cc(-c5ccc(C6CC6)s5)ccc4nc23)CC1. The van der Waals surface area contributed by atoms with Gasteiger partial charge in [0.2, 0.25) is 0 Å². The molecule has 4 aliphatic carbocycles. The summed E-state index contributed by atoms with van der Waals surface area (Å²) < 4.78 is 19.5. The number of aromatic nitrogens is 4. The van der Waals surface area contributed by atoms with Gasteiger partial charge in [-0.05, 0) is 133 Å². The Morgan fingerprint density at radius 2 is 1.02 bits per heavy atom. The predicted molar refractivity (Wildman–Crippen MR) is 352 cm³/mol. The van der Waals surface area contributed by atoms with Crippen LogP contribution in [0.5, 0.6) is 0 Å². The molecule has 6 aromatic heterocycles. The molecule has 2 aromatic carbocycles. The number of fused-ring (bicyclic) bond motifs is 4. The third-order valence-corrected chi connectivity index (χ3v) is 36.8. The first-order valence-electron chi connectivity index (χ1n) is 31.3. The number of nitrogens with zero attached hydrogens (tertiary/aromatic N) is 4. The molecule has 4 aliphatic rings. The zero-order chi connectivity index (χ0) is 60.5. The van der Waals surface area contributed by atoms with Gasteiger partial charge >= 0.3 is 233 Å². The van der Waals surface area contributed by atoms with Crippen LogP contribution in [0.2, 0.25) is 13.3 Å². The van der Waals surface area contributed by atoms with Crippen molar-refractivity contribution < 1.29 is 28.7 Å². The molecule has 4 saturated carbocycles. The number of nitrogens with one attached hydrogen (secondary N) is 2. The van der Waals surface area contributed by atoms with Crippen molar-refractivity contribution in [3.05, 3.63) is 143 Å². The molecule has 86 heavy (non-hydrogen) atoms. The summed E-state index contributed by atoms with van der Waals surface area (Å²) in [4.78, 5) is 91.3. The van der Waals surface area contributed by atoms with Crippen LogP contribution in [0.1, 0.15) is 179 Å². The molecule has 0 unspecified atom stereocenters. The van der Waals surface area contributed by atoms with Crippen LogP contribution in [0, 0.1) is 11.8 Å². The number of benzene rings is 2. The molecule has 0 spiro atoms. The maximum atomic E-state index is 13.9. The number of carbonyl (C=O) groups excluding carboxylic acids is 4. The summed E-state index contributed by atoms with van der Waals surface area (Å²) in [6.07, 6.45) is 21.7. The van der Waals surface area contributed by atoms with Crippen LogP contribution in [0.15, 0.2) is 111 Å². The van der Waals surface area contributed by atoms with Crippen LogP contribution in [0.25, 0.3) is 43.5 Å². The van der Waals surface area contributed by atoms with Gasteiger partial charge in [-0.15, -0.1) is 22.7 Å². The number of hydrogen-bond donors (Lipinski definition) is 2. The molecule has 0 aliphatic heterocycles. The Morgan fingerprint density at radius 3 is 1.47 bits per heavy atom. The Hall–Kier alpha value is -5.76. The molecule has 12 rings (SSSR count). The zero-order valence-electron chi connectivity index (χ0n) is 50.3. The predicted octanol–water partition coefficient (Wildman–Crippen LogP) is 14.7. The summed E-state index contributed by atoms with van der Waals surface area (Å²) in [6.45, 7) is 6.83. The van der Waals surface area contributed by atoms with Gasteiger partial charge in [-0.1, -0.05) is 6.07 Å². The molecule has 2 amide bonds. The van der Waals surface area contributed by atoms with E-state index in [0.29, 0.717) is 88.7 Å². The summed E-state index contributed by atoms with van der Waals surface area (Å²) in [5, 5.41) is 7.39. The quantitative estimate of drug-likeness (QED) is 0.0449. The van der Waals surface area contributed by atoms with Gasteiger partial charge in [-0.2, -0.15) is 0 Å². The van der Waals surface area contributed by atoms with Crippen LogP contribution in [0.3, 0.4) is 0 Å². The van der Waals surface area contributed by atoms with E-state index in [0.717, 1.165) is 29.2 Å². The van der Waals surface area contributed by atoms with Gasteiger partial charge in [0.15, 0.2) is 5.65 Å². The summed E-state index contributed by atoms with van der Waals surface area (Å²) in [5.41, 5.74) is 3.42. The number of halogens is 1. The van der Waals surface area contributed by atoms with Crippen molar-refractivity contribution in [3.63, 3.8) is 0 Å². The Kier molecular flexibility index (Phi) is 21.4. The smallest absolute Gasteiger partial charge is 0.308 e. The summed E-state index contributed by atoms with van der Waals surface area (Å²) in [5.74, 6) is 0.558. The van der Waals surface area contributed by atoms with E-state index in [2.05, 4.69) is 83.7 Å². The van der Waals surface area contributed by atoms with E-state index in [4.69, 9.17) is 19.4 Å². The van der Waals surface area contributed by atoms with Crippen molar-refractivity contribution in [1.29, 1.82) is 0 Å². The normalized spacial score (nSPS) is 18.6. The molecule has 2 N–H and O–H groups in total. The minimum Gasteiger partial charge on any atom is -0.469 e. The average molecular weight is 1370 g/mol. The van der Waals surface area contributed by atoms with Gasteiger partial charge in [0.05, 0.1) is 46.3 Å². The van der Waals surface area contributed by atoms with E-state index in [1.54, 1.807) is 52.9 Å². The van der Waals surface area contributed by atoms with Crippen molar-refractivity contribution in [2.45, 2.75) is 174 Å². The van der Waals surface area contributed by atoms with Crippen LogP contribution < -0.4 is 25.3 Å². The summed E-state index contributed by atoms with van der Waals surface area (Å²) in [6, 6.07) is 27.8. The number of methoxy groups -OCH3 is 2. The fourth-order valence-corrected chi connectivity index (χ4v) is 31.4. The number of rotatable bonds is 19. The molecular formula is C68H81BrN6O8S2Sn. The Labute approximate surface area is 524 Å². The number of pyridine rings is 2. The maximum absolute atomic E-state index is 13.9. The fraction of sp³-hybridized carbons (Fsp3) is 0.471. The van der Waals surface area contributed by atoms with E-state index in [1.807, 2.05) is 35.6 Å². The number of hydrogen-bond acceptors (Lipinski definition) is 12. The first kappa shape index (κ1) is 63.3. The molecule has 18 heteroatoms. The second-order valence-electron chi connectivity index (χ2n) is 24.1. The minimum absolute atomic E-state index is 0.0200. The van der Waals surface area contributed by atoms with Gasteiger partial charge in [-0.25, -0.2) is 4.98 Å². The van der Waals surface area contributed by atoms with Crippen molar-refractivity contribution >= 4 is 117 Å². The first-order chi connectivity index (χ1) is 41.7. The van der Waals surface area contributed by atoms with E-state index < -0.39 is 18.4 Å². The van der Waals surface area contributed by atoms with Gasteiger partial charge in [0, 0.05) is 26.9 Å². The van der Waals surface area contributed by atoms with E-state index >= 15 is 0 Å². The largest absolute Gasteiger partial charge is 0.469 e. The monoisotopic (exact) mass is 1370 g/mol. The Morgan fingerprint density at radius 1 is 0.570 bits per heavy atom. The van der Waals surface area contributed by atoms with Crippen molar-refractivity contribution in [1.82, 2.24) is 29.4 Å². The standard InChI is InChI=1S/C28H27N3O4S.C21H20N3O4.C7H7BrS.3C4H9.Sn/c1-35-28(34)17-6-9-19(10-7-17)29-26(32)20-3-2-14-31-25(20)30-22-11-8-18(15-21(22)27(31)33)24-13-12-23(36-24)16-4-5-16;1-28-21(27)13-8-10-14(11-9-13)22-19(25)16-6-4-12-24-18(16)23-17-7-3-2-5-15(17)20(24)26;8-7-4-3-6(9-7)5-1-2-5;3*1-3-4-2;/h2-3,8,11-17,19H,4-7,9-10H2,1H3,(H,29,32);3-7,12-14H,8-11H2,1H3,(H,22,25);3-5H,1-2H2;3*1,3-4H2,2H3;. The molecule has 0 atom stereocenters. The second kappa shape index (κ2) is 29.0. The van der Waals surface area contributed by atoms with Crippen molar-refractivity contribution in [3.8, 4) is 10.4 Å².